The van der Waals surface area contributed by atoms with Crippen molar-refractivity contribution >= 4 is 0 Å². The predicted octanol–water partition coefficient (Wildman–Crippen LogP) is 2.34. The standard InChI is InChI=1S/C21H21N3O5/c1-23-19(25)22-20(26)24(21(23)27)14-11-12-17(28-15-7-3-2-4-8-15)18(13-14)29-16-9-5-6-10-16/h2-4,7-8,11-13,16H,5-6,9-10H2,1H3,(H,22,25,26). The summed E-state index contributed by atoms with van der Waals surface area (Å²) >= 11 is 0. The zero-order chi connectivity index (χ0) is 20.4. The summed E-state index contributed by atoms with van der Waals surface area (Å²) in [6.07, 6.45) is 4.13. The summed E-state index contributed by atoms with van der Waals surface area (Å²) in [6, 6.07) is 14.1. The molecule has 0 amide bonds. The quantitative estimate of drug-likeness (QED) is 0.715. The Labute approximate surface area is 166 Å². The molecule has 1 saturated carbocycles. The maximum atomic E-state index is 12.5. The first kappa shape index (κ1) is 18.8. The monoisotopic (exact) mass is 395 g/mol. The van der Waals surface area contributed by atoms with E-state index in [1.54, 1.807) is 18.2 Å². The zero-order valence-corrected chi connectivity index (χ0v) is 16.0. The van der Waals surface area contributed by atoms with E-state index in [1.807, 2.05) is 30.3 Å². The molecule has 1 N–H and O–H groups in total. The van der Waals surface area contributed by atoms with Gasteiger partial charge in [0.05, 0.1) is 11.8 Å². The molecular formula is C21H21N3O5. The second-order valence-corrected chi connectivity index (χ2v) is 6.98. The summed E-state index contributed by atoms with van der Waals surface area (Å²) in [5.41, 5.74) is -2.01. The van der Waals surface area contributed by atoms with Crippen LogP contribution in [0.3, 0.4) is 0 Å². The van der Waals surface area contributed by atoms with Crippen LogP contribution in [0.4, 0.5) is 0 Å². The number of nitrogens with one attached hydrogen (secondary N) is 1. The van der Waals surface area contributed by atoms with Gasteiger partial charge < -0.3 is 9.47 Å². The van der Waals surface area contributed by atoms with Crippen molar-refractivity contribution in [1.82, 2.24) is 14.1 Å². The molecule has 8 heteroatoms. The van der Waals surface area contributed by atoms with Gasteiger partial charge in [-0.3, -0.25) is 4.98 Å². The Morgan fingerprint density at radius 1 is 0.931 bits per heavy atom. The molecule has 1 heterocycles. The molecule has 0 bridgehead atoms. The van der Waals surface area contributed by atoms with E-state index in [4.69, 9.17) is 9.47 Å². The average molecular weight is 395 g/mol. The summed E-state index contributed by atoms with van der Waals surface area (Å²) in [6.45, 7) is 0. The first-order valence-corrected chi connectivity index (χ1v) is 9.49. The van der Waals surface area contributed by atoms with E-state index >= 15 is 0 Å². The Kier molecular flexibility index (Phi) is 5.07. The molecule has 1 aliphatic carbocycles. The van der Waals surface area contributed by atoms with Crippen LogP contribution in [0.5, 0.6) is 17.2 Å². The van der Waals surface area contributed by atoms with Crippen molar-refractivity contribution in [3.63, 3.8) is 0 Å². The molecule has 29 heavy (non-hydrogen) atoms. The van der Waals surface area contributed by atoms with Crippen LogP contribution < -0.4 is 26.5 Å². The normalized spacial score (nSPS) is 14.1. The first-order valence-electron chi connectivity index (χ1n) is 9.49. The second kappa shape index (κ2) is 7.83. The average Bonchev–Trinajstić information content (AvgIpc) is 3.22. The zero-order valence-electron chi connectivity index (χ0n) is 16.0. The van der Waals surface area contributed by atoms with Crippen LogP contribution in [-0.2, 0) is 7.05 Å². The lowest BCUT2D eigenvalue weighted by Crippen LogP contribution is -2.47. The van der Waals surface area contributed by atoms with Gasteiger partial charge in [0.25, 0.3) is 0 Å². The molecule has 0 saturated heterocycles. The second-order valence-electron chi connectivity index (χ2n) is 6.98. The number of para-hydroxylation sites is 1. The lowest BCUT2D eigenvalue weighted by molar-refractivity contribution is 0.203. The SMILES string of the molecule is Cn1c(=O)[nH]c(=O)n(-c2ccc(Oc3ccccc3)c(OC3CCCC3)c2)c1=O. The Morgan fingerprint density at radius 2 is 1.66 bits per heavy atom. The number of rotatable bonds is 5. The predicted molar refractivity (Wildman–Crippen MR) is 107 cm³/mol. The molecule has 0 unspecified atom stereocenters. The summed E-state index contributed by atoms with van der Waals surface area (Å²) in [4.78, 5) is 38.5. The van der Waals surface area contributed by atoms with Gasteiger partial charge in [-0.1, -0.05) is 18.2 Å². The third kappa shape index (κ3) is 3.87. The van der Waals surface area contributed by atoms with E-state index in [2.05, 4.69) is 4.98 Å². The van der Waals surface area contributed by atoms with E-state index in [1.165, 1.54) is 7.05 Å². The van der Waals surface area contributed by atoms with Crippen LogP contribution in [0.15, 0.2) is 62.9 Å². The van der Waals surface area contributed by atoms with E-state index in [-0.39, 0.29) is 6.10 Å². The number of benzene rings is 2. The van der Waals surface area contributed by atoms with Gasteiger partial charge in [-0.2, -0.15) is 0 Å². The van der Waals surface area contributed by atoms with Crippen molar-refractivity contribution in [2.75, 3.05) is 0 Å². The van der Waals surface area contributed by atoms with Crippen LogP contribution in [0.1, 0.15) is 25.7 Å². The van der Waals surface area contributed by atoms with Crippen LogP contribution in [0.2, 0.25) is 0 Å². The summed E-state index contributed by atoms with van der Waals surface area (Å²) < 4.78 is 13.9. The highest BCUT2D eigenvalue weighted by atomic mass is 16.5. The van der Waals surface area contributed by atoms with E-state index in [0.29, 0.717) is 22.9 Å². The molecule has 0 radical (unpaired) electrons. The van der Waals surface area contributed by atoms with Crippen LogP contribution in [0.25, 0.3) is 5.69 Å². The molecule has 1 aromatic heterocycles. The third-order valence-electron chi connectivity index (χ3n) is 4.95. The van der Waals surface area contributed by atoms with Gasteiger partial charge in [-0.25, -0.2) is 23.5 Å². The van der Waals surface area contributed by atoms with Gasteiger partial charge in [0.2, 0.25) is 0 Å². The Hall–Kier alpha value is -3.55. The first-order chi connectivity index (χ1) is 14.0. The van der Waals surface area contributed by atoms with Crippen molar-refractivity contribution in [3.05, 3.63) is 80.0 Å². The lowest BCUT2D eigenvalue weighted by Gasteiger charge is -2.18. The van der Waals surface area contributed by atoms with Crippen molar-refractivity contribution < 1.29 is 9.47 Å². The molecule has 8 nitrogen and oxygen atoms in total. The number of hydrogen-bond acceptors (Lipinski definition) is 5. The van der Waals surface area contributed by atoms with Crippen molar-refractivity contribution in [3.8, 4) is 22.9 Å². The summed E-state index contributed by atoms with van der Waals surface area (Å²) in [5.74, 6) is 1.58. The van der Waals surface area contributed by atoms with Gasteiger partial charge in [0.1, 0.15) is 5.75 Å². The van der Waals surface area contributed by atoms with E-state index in [9.17, 15) is 14.4 Å². The van der Waals surface area contributed by atoms with Crippen LogP contribution in [-0.4, -0.2) is 20.2 Å². The molecule has 3 aromatic rings. The number of hydrogen-bond donors (Lipinski definition) is 1. The maximum absolute atomic E-state index is 12.5. The van der Waals surface area contributed by atoms with Gasteiger partial charge in [0.15, 0.2) is 11.5 Å². The highest BCUT2D eigenvalue weighted by Gasteiger charge is 2.20. The molecular weight excluding hydrogens is 374 g/mol. The summed E-state index contributed by atoms with van der Waals surface area (Å²) in [5, 5.41) is 0. The molecule has 150 valence electrons. The molecule has 1 fully saturated rings. The molecule has 0 spiro atoms. The van der Waals surface area contributed by atoms with Crippen molar-refractivity contribution in [2.24, 2.45) is 7.05 Å². The van der Waals surface area contributed by atoms with Gasteiger partial charge in [-0.05, 0) is 49.9 Å². The number of nitrogens with zero attached hydrogens (tertiary/aromatic N) is 2. The van der Waals surface area contributed by atoms with Crippen LogP contribution >= 0.6 is 0 Å². The van der Waals surface area contributed by atoms with Crippen molar-refractivity contribution in [2.45, 2.75) is 31.8 Å². The van der Waals surface area contributed by atoms with Crippen LogP contribution in [0, 0.1) is 0 Å². The third-order valence-corrected chi connectivity index (χ3v) is 4.95. The molecule has 0 aliphatic heterocycles. The lowest BCUT2D eigenvalue weighted by atomic mass is 10.2. The summed E-state index contributed by atoms with van der Waals surface area (Å²) in [7, 11) is 1.31. The minimum atomic E-state index is -0.804. The molecule has 0 atom stereocenters. The fraction of sp³-hybridized carbons (Fsp3) is 0.286. The highest BCUT2D eigenvalue weighted by Crippen LogP contribution is 2.35. The Bertz CT molecular complexity index is 1190. The number of H-pyrrole nitrogens is 1. The largest absolute Gasteiger partial charge is 0.486 e. The number of aromatic nitrogens is 3. The minimum Gasteiger partial charge on any atom is -0.486 e. The smallest absolute Gasteiger partial charge is 0.340 e. The molecule has 4 rings (SSSR count). The van der Waals surface area contributed by atoms with E-state index < -0.39 is 17.1 Å². The fourth-order valence-corrected chi connectivity index (χ4v) is 3.40. The topological polar surface area (TPSA) is 95.3 Å². The fourth-order valence-electron chi connectivity index (χ4n) is 3.40. The Balaban J connectivity index is 1.79. The van der Waals surface area contributed by atoms with E-state index in [0.717, 1.165) is 34.8 Å². The van der Waals surface area contributed by atoms with Crippen molar-refractivity contribution in [1.29, 1.82) is 0 Å². The van der Waals surface area contributed by atoms with Gasteiger partial charge >= 0.3 is 17.1 Å². The Morgan fingerprint density at radius 3 is 2.38 bits per heavy atom. The molecule has 1 aliphatic rings. The molecule has 2 aromatic carbocycles. The number of aromatic amines is 1. The van der Waals surface area contributed by atoms with Gasteiger partial charge in [-0.15, -0.1) is 0 Å². The van der Waals surface area contributed by atoms with Gasteiger partial charge in [0, 0.05) is 13.1 Å². The minimum absolute atomic E-state index is 0.0542. The highest BCUT2D eigenvalue weighted by molar-refractivity contribution is 5.50. The number of ether oxygens (including phenoxy) is 2. The maximum Gasteiger partial charge on any atom is 0.340 e.